The lowest BCUT2D eigenvalue weighted by Gasteiger charge is -2.06. The number of rotatable bonds is 4. The highest BCUT2D eigenvalue weighted by Crippen LogP contribution is 2.21. The topological polar surface area (TPSA) is 51.1 Å². The van der Waals surface area contributed by atoms with Gasteiger partial charge >= 0.3 is 4.87 Å². The monoisotopic (exact) mass is 312 g/mol. The summed E-state index contributed by atoms with van der Waals surface area (Å²) in [5.74, 6) is -0.0218. The van der Waals surface area contributed by atoms with Crippen LogP contribution < -0.4 is 10.2 Å². The minimum absolute atomic E-state index is 0.00236. The maximum atomic E-state index is 12.0. The molecule has 0 saturated carbocycles. The molecule has 0 atom stereocenters. The highest BCUT2D eigenvalue weighted by molar-refractivity contribution is 7.16. The van der Waals surface area contributed by atoms with Crippen LogP contribution in [0.15, 0.2) is 53.3 Å². The fourth-order valence-electron chi connectivity index (χ4n) is 2.34. The van der Waals surface area contributed by atoms with E-state index in [2.05, 4.69) is 5.32 Å². The Morgan fingerprint density at radius 3 is 2.73 bits per heavy atom. The van der Waals surface area contributed by atoms with Crippen LogP contribution in [0.2, 0.25) is 0 Å². The standard InChI is InChI=1S/C17H16N2O2S/c1-19-14-9-8-13(11-15(14)22-17(19)21)18-16(20)10-7-12-5-3-2-4-6-12/h2-6,8-9,11H,7,10H2,1H3,(H,18,20). The lowest BCUT2D eigenvalue weighted by Crippen LogP contribution is -2.12. The van der Waals surface area contributed by atoms with Crippen molar-refractivity contribution in [2.75, 3.05) is 5.32 Å². The minimum Gasteiger partial charge on any atom is -0.326 e. The van der Waals surface area contributed by atoms with Crippen LogP contribution in [0.4, 0.5) is 5.69 Å². The summed E-state index contributed by atoms with van der Waals surface area (Å²) in [6.07, 6.45) is 1.15. The van der Waals surface area contributed by atoms with Crippen molar-refractivity contribution in [1.29, 1.82) is 0 Å². The Labute approximate surface area is 132 Å². The van der Waals surface area contributed by atoms with E-state index >= 15 is 0 Å². The third kappa shape index (κ3) is 3.09. The second-order valence-corrected chi connectivity index (χ2v) is 6.14. The molecule has 112 valence electrons. The van der Waals surface area contributed by atoms with Crippen LogP contribution in [0, 0.1) is 0 Å². The van der Waals surface area contributed by atoms with E-state index in [1.807, 2.05) is 48.5 Å². The van der Waals surface area contributed by atoms with E-state index in [9.17, 15) is 9.59 Å². The van der Waals surface area contributed by atoms with Gasteiger partial charge < -0.3 is 9.88 Å². The van der Waals surface area contributed by atoms with Gasteiger partial charge in [-0.3, -0.25) is 9.59 Å². The van der Waals surface area contributed by atoms with Crippen molar-refractivity contribution < 1.29 is 4.79 Å². The number of aryl methyl sites for hydroxylation is 2. The van der Waals surface area contributed by atoms with Gasteiger partial charge in [-0.2, -0.15) is 0 Å². The Hall–Kier alpha value is -2.40. The summed E-state index contributed by atoms with van der Waals surface area (Å²) in [6, 6.07) is 15.5. The SMILES string of the molecule is Cn1c(=O)sc2cc(NC(=O)CCc3ccccc3)ccc21. The molecule has 0 spiro atoms. The Balaban J connectivity index is 1.67. The van der Waals surface area contributed by atoms with Crippen molar-refractivity contribution in [2.24, 2.45) is 7.05 Å². The number of carbonyl (C=O) groups is 1. The number of nitrogens with zero attached hydrogens (tertiary/aromatic N) is 1. The van der Waals surface area contributed by atoms with Crippen LogP contribution >= 0.6 is 11.3 Å². The number of carbonyl (C=O) groups excluding carboxylic acids is 1. The van der Waals surface area contributed by atoms with E-state index in [1.165, 1.54) is 11.3 Å². The Kier molecular flexibility index (Phi) is 4.06. The summed E-state index contributed by atoms with van der Waals surface area (Å²) in [5.41, 5.74) is 2.76. The Morgan fingerprint density at radius 2 is 1.95 bits per heavy atom. The van der Waals surface area contributed by atoms with Gasteiger partial charge in [-0.15, -0.1) is 0 Å². The molecule has 0 fully saturated rings. The first-order valence-corrected chi connectivity index (χ1v) is 7.88. The van der Waals surface area contributed by atoms with Crippen LogP contribution in [-0.2, 0) is 18.3 Å². The predicted molar refractivity (Wildman–Crippen MR) is 90.5 cm³/mol. The maximum Gasteiger partial charge on any atom is 0.307 e. The van der Waals surface area contributed by atoms with E-state index in [-0.39, 0.29) is 10.8 Å². The van der Waals surface area contributed by atoms with Gasteiger partial charge in [-0.1, -0.05) is 41.7 Å². The van der Waals surface area contributed by atoms with Gasteiger partial charge in [0.25, 0.3) is 0 Å². The summed E-state index contributed by atoms with van der Waals surface area (Å²) in [6.45, 7) is 0. The lowest BCUT2D eigenvalue weighted by molar-refractivity contribution is -0.116. The highest BCUT2D eigenvalue weighted by atomic mass is 32.1. The summed E-state index contributed by atoms with van der Waals surface area (Å²) < 4.78 is 2.49. The van der Waals surface area contributed by atoms with Crippen LogP contribution in [0.5, 0.6) is 0 Å². The van der Waals surface area contributed by atoms with Gasteiger partial charge in [0.05, 0.1) is 10.2 Å². The van der Waals surface area contributed by atoms with Crippen LogP contribution in [0.1, 0.15) is 12.0 Å². The van der Waals surface area contributed by atoms with E-state index in [1.54, 1.807) is 11.6 Å². The molecular weight excluding hydrogens is 296 g/mol. The van der Waals surface area contributed by atoms with E-state index < -0.39 is 0 Å². The fourth-order valence-corrected chi connectivity index (χ4v) is 3.26. The molecule has 0 unspecified atom stereocenters. The van der Waals surface area contributed by atoms with Crippen molar-refractivity contribution in [2.45, 2.75) is 12.8 Å². The molecule has 1 aromatic heterocycles. The summed E-state index contributed by atoms with van der Waals surface area (Å²) in [4.78, 5) is 23.6. The molecule has 1 N–H and O–H groups in total. The highest BCUT2D eigenvalue weighted by Gasteiger charge is 2.07. The van der Waals surface area contributed by atoms with Crippen molar-refractivity contribution in [3.8, 4) is 0 Å². The number of aromatic nitrogens is 1. The second-order valence-electron chi connectivity index (χ2n) is 5.14. The number of fused-ring (bicyclic) bond motifs is 1. The molecule has 0 aliphatic heterocycles. The molecule has 4 nitrogen and oxygen atoms in total. The average molecular weight is 312 g/mol. The van der Waals surface area contributed by atoms with Crippen molar-refractivity contribution in [1.82, 2.24) is 4.57 Å². The normalized spacial score (nSPS) is 10.8. The summed E-state index contributed by atoms with van der Waals surface area (Å²) >= 11 is 1.19. The van der Waals surface area contributed by atoms with Crippen molar-refractivity contribution >= 4 is 33.1 Å². The first-order valence-electron chi connectivity index (χ1n) is 7.07. The molecule has 2 aromatic carbocycles. The summed E-state index contributed by atoms with van der Waals surface area (Å²) in [7, 11) is 1.75. The number of hydrogen-bond donors (Lipinski definition) is 1. The molecule has 3 aromatic rings. The van der Waals surface area contributed by atoms with Crippen molar-refractivity contribution in [3.05, 3.63) is 63.8 Å². The average Bonchev–Trinajstić information content (AvgIpc) is 2.81. The molecule has 3 rings (SSSR count). The van der Waals surface area contributed by atoms with E-state index in [4.69, 9.17) is 0 Å². The van der Waals surface area contributed by atoms with Crippen molar-refractivity contribution in [3.63, 3.8) is 0 Å². The van der Waals surface area contributed by atoms with Gasteiger partial charge in [0, 0.05) is 19.2 Å². The number of anilines is 1. The van der Waals surface area contributed by atoms with Crippen LogP contribution in [0.25, 0.3) is 10.2 Å². The minimum atomic E-state index is -0.0218. The maximum absolute atomic E-state index is 12.0. The molecule has 22 heavy (non-hydrogen) atoms. The van der Waals surface area contributed by atoms with Gasteiger partial charge in [0.15, 0.2) is 0 Å². The molecule has 1 amide bonds. The Bertz CT molecular complexity index is 865. The zero-order valence-electron chi connectivity index (χ0n) is 12.2. The lowest BCUT2D eigenvalue weighted by atomic mass is 10.1. The van der Waals surface area contributed by atoms with E-state index in [0.717, 1.165) is 21.5 Å². The first-order chi connectivity index (χ1) is 10.6. The largest absolute Gasteiger partial charge is 0.326 e. The third-order valence-electron chi connectivity index (χ3n) is 3.56. The zero-order valence-corrected chi connectivity index (χ0v) is 13.0. The van der Waals surface area contributed by atoms with Gasteiger partial charge in [0.1, 0.15) is 0 Å². The molecule has 0 aliphatic carbocycles. The quantitative estimate of drug-likeness (QED) is 0.804. The smallest absolute Gasteiger partial charge is 0.307 e. The van der Waals surface area contributed by atoms with Gasteiger partial charge in [0.2, 0.25) is 5.91 Å². The van der Waals surface area contributed by atoms with Crippen LogP contribution in [-0.4, -0.2) is 10.5 Å². The molecular formula is C17H16N2O2S. The summed E-state index contributed by atoms with van der Waals surface area (Å²) in [5, 5.41) is 2.89. The number of thiazole rings is 1. The number of amides is 1. The molecule has 5 heteroatoms. The van der Waals surface area contributed by atoms with Gasteiger partial charge in [-0.25, -0.2) is 0 Å². The number of benzene rings is 2. The van der Waals surface area contributed by atoms with E-state index in [0.29, 0.717) is 12.8 Å². The molecule has 0 aliphatic rings. The first kappa shape index (κ1) is 14.5. The molecule has 0 radical (unpaired) electrons. The Morgan fingerprint density at radius 1 is 1.18 bits per heavy atom. The molecule has 0 saturated heterocycles. The molecule has 1 heterocycles. The zero-order chi connectivity index (χ0) is 15.5. The fraction of sp³-hybridized carbons (Fsp3) is 0.176. The number of hydrogen-bond acceptors (Lipinski definition) is 3. The predicted octanol–water partition coefficient (Wildman–Crippen LogP) is 3.17. The number of nitrogens with one attached hydrogen (secondary N) is 1. The third-order valence-corrected chi connectivity index (χ3v) is 4.55. The molecule has 0 bridgehead atoms. The second kappa shape index (κ2) is 6.15. The van der Waals surface area contributed by atoms with Gasteiger partial charge in [-0.05, 0) is 30.2 Å². The van der Waals surface area contributed by atoms with Crippen LogP contribution in [0.3, 0.4) is 0 Å².